The Hall–Kier alpha value is -2.21. The first-order chi connectivity index (χ1) is 9.66. The third-order valence-electron chi connectivity index (χ3n) is 3.75. The lowest BCUT2D eigenvalue weighted by Gasteiger charge is -2.14. The molecule has 0 spiro atoms. The number of benzene rings is 1. The number of nitro groups is 1. The molecule has 1 atom stereocenters. The van der Waals surface area contributed by atoms with Crippen molar-refractivity contribution < 1.29 is 4.92 Å². The Balaban J connectivity index is 1.91. The van der Waals surface area contributed by atoms with E-state index in [2.05, 4.69) is 10.3 Å². The Morgan fingerprint density at radius 2 is 2.20 bits per heavy atom. The number of rotatable bonds is 5. The minimum atomic E-state index is -0.373. The molecule has 104 valence electrons. The van der Waals surface area contributed by atoms with Gasteiger partial charge in [-0.1, -0.05) is 0 Å². The van der Waals surface area contributed by atoms with E-state index in [0.717, 1.165) is 11.1 Å². The van der Waals surface area contributed by atoms with E-state index >= 15 is 0 Å². The molecule has 3 rings (SSSR count). The van der Waals surface area contributed by atoms with Crippen molar-refractivity contribution in [2.45, 2.75) is 18.9 Å². The summed E-state index contributed by atoms with van der Waals surface area (Å²) >= 11 is 0. The second-order valence-corrected chi connectivity index (χ2v) is 5.19. The van der Waals surface area contributed by atoms with Gasteiger partial charge in [-0.05, 0) is 30.9 Å². The number of anilines is 1. The molecule has 1 saturated carbocycles. The lowest BCUT2D eigenvalue weighted by Crippen LogP contribution is -2.31. The summed E-state index contributed by atoms with van der Waals surface area (Å²) in [5, 5.41) is 15.7. The Kier molecular flexibility index (Phi) is 3.23. The van der Waals surface area contributed by atoms with E-state index in [1.165, 1.54) is 18.9 Å². The molecule has 0 saturated heterocycles. The molecule has 1 heterocycles. The number of aromatic nitrogens is 1. The zero-order chi connectivity index (χ0) is 14.1. The van der Waals surface area contributed by atoms with Crippen LogP contribution in [0.3, 0.4) is 0 Å². The van der Waals surface area contributed by atoms with Gasteiger partial charge in [-0.2, -0.15) is 0 Å². The minimum Gasteiger partial charge on any atom is -0.383 e. The van der Waals surface area contributed by atoms with Gasteiger partial charge in [0.05, 0.1) is 10.3 Å². The van der Waals surface area contributed by atoms with Crippen LogP contribution in [0.15, 0.2) is 30.6 Å². The summed E-state index contributed by atoms with van der Waals surface area (Å²) in [6, 6.07) is 5.05. The Morgan fingerprint density at radius 3 is 2.90 bits per heavy atom. The van der Waals surface area contributed by atoms with Crippen molar-refractivity contribution in [2.24, 2.45) is 11.7 Å². The lowest BCUT2D eigenvalue weighted by molar-refractivity contribution is -0.383. The van der Waals surface area contributed by atoms with E-state index in [9.17, 15) is 10.1 Å². The number of non-ortho nitro benzene ring substituents is 1. The van der Waals surface area contributed by atoms with Crippen LogP contribution in [0.2, 0.25) is 0 Å². The summed E-state index contributed by atoms with van der Waals surface area (Å²) in [7, 11) is 0. The number of nitrogens with two attached hydrogens (primary N) is 1. The third-order valence-corrected chi connectivity index (χ3v) is 3.75. The van der Waals surface area contributed by atoms with E-state index in [0.29, 0.717) is 17.8 Å². The Morgan fingerprint density at radius 1 is 1.40 bits per heavy atom. The fraction of sp³-hybridized carbons (Fsp3) is 0.357. The number of pyridine rings is 1. The lowest BCUT2D eigenvalue weighted by atomic mass is 10.1. The molecule has 6 heteroatoms. The minimum absolute atomic E-state index is 0.0967. The average Bonchev–Trinajstić information content (AvgIpc) is 3.28. The van der Waals surface area contributed by atoms with Crippen LogP contribution in [-0.2, 0) is 0 Å². The fourth-order valence-corrected chi connectivity index (χ4v) is 2.41. The largest absolute Gasteiger partial charge is 0.383 e. The third kappa shape index (κ3) is 2.42. The van der Waals surface area contributed by atoms with Gasteiger partial charge in [0.1, 0.15) is 0 Å². The SMILES string of the molecule is NC(CNc1ccc([N+](=O)[O-])c2ccncc12)C1CC1. The first-order valence-electron chi connectivity index (χ1n) is 6.67. The topological polar surface area (TPSA) is 94.1 Å². The second kappa shape index (κ2) is 5.05. The van der Waals surface area contributed by atoms with Crippen molar-refractivity contribution in [3.05, 3.63) is 40.7 Å². The van der Waals surface area contributed by atoms with Crippen molar-refractivity contribution in [1.29, 1.82) is 0 Å². The molecular formula is C14H16N4O2. The number of fused-ring (bicyclic) bond motifs is 1. The molecule has 1 aromatic carbocycles. The summed E-state index contributed by atoms with van der Waals surface area (Å²) in [5.74, 6) is 0.616. The number of nitrogens with zero attached hydrogens (tertiary/aromatic N) is 2. The molecule has 1 aliphatic rings. The van der Waals surface area contributed by atoms with Gasteiger partial charge in [0.2, 0.25) is 0 Å². The second-order valence-electron chi connectivity index (χ2n) is 5.19. The van der Waals surface area contributed by atoms with E-state index < -0.39 is 0 Å². The van der Waals surface area contributed by atoms with Crippen molar-refractivity contribution >= 4 is 22.1 Å². The summed E-state index contributed by atoms with van der Waals surface area (Å²) in [6.45, 7) is 0.673. The van der Waals surface area contributed by atoms with E-state index in [1.54, 1.807) is 24.5 Å². The van der Waals surface area contributed by atoms with Gasteiger partial charge < -0.3 is 11.1 Å². The number of hydrogen-bond donors (Lipinski definition) is 2. The zero-order valence-electron chi connectivity index (χ0n) is 11.0. The van der Waals surface area contributed by atoms with Gasteiger partial charge in [0.25, 0.3) is 5.69 Å². The highest BCUT2D eigenvalue weighted by Gasteiger charge is 2.28. The summed E-state index contributed by atoms with van der Waals surface area (Å²) in [4.78, 5) is 14.7. The van der Waals surface area contributed by atoms with Crippen molar-refractivity contribution in [3.8, 4) is 0 Å². The standard InChI is InChI=1S/C14H16N4O2/c15-12(9-1-2-9)8-17-13-3-4-14(18(19)20)10-5-6-16-7-11(10)13/h3-7,9,12,17H,1-2,8,15H2. The number of hydrogen-bond acceptors (Lipinski definition) is 5. The smallest absolute Gasteiger partial charge is 0.277 e. The molecule has 2 aromatic rings. The molecule has 0 aliphatic heterocycles. The van der Waals surface area contributed by atoms with Crippen LogP contribution in [0.4, 0.5) is 11.4 Å². The average molecular weight is 272 g/mol. The zero-order valence-corrected chi connectivity index (χ0v) is 11.0. The van der Waals surface area contributed by atoms with Gasteiger partial charge in [-0.25, -0.2) is 0 Å². The van der Waals surface area contributed by atoms with Crippen LogP contribution in [0.25, 0.3) is 10.8 Å². The van der Waals surface area contributed by atoms with Crippen molar-refractivity contribution in [1.82, 2.24) is 4.98 Å². The van der Waals surface area contributed by atoms with Gasteiger partial charge in [-0.3, -0.25) is 15.1 Å². The maximum absolute atomic E-state index is 11.0. The van der Waals surface area contributed by atoms with Crippen molar-refractivity contribution in [2.75, 3.05) is 11.9 Å². The number of nitrogens with one attached hydrogen (secondary N) is 1. The van der Waals surface area contributed by atoms with Gasteiger partial charge >= 0.3 is 0 Å². The summed E-state index contributed by atoms with van der Waals surface area (Å²) < 4.78 is 0. The van der Waals surface area contributed by atoms with Gasteiger partial charge in [-0.15, -0.1) is 0 Å². The first kappa shape index (κ1) is 12.8. The summed E-state index contributed by atoms with van der Waals surface area (Å²) in [5.41, 5.74) is 7.00. The van der Waals surface area contributed by atoms with Crippen LogP contribution in [0.1, 0.15) is 12.8 Å². The maximum atomic E-state index is 11.0. The highest BCUT2D eigenvalue weighted by Crippen LogP contribution is 2.33. The molecule has 0 amide bonds. The predicted octanol–water partition coefficient (Wildman–Crippen LogP) is 2.29. The van der Waals surface area contributed by atoms with Crippen LogP contribution in [0.5, 0.6) is 0 Å². The molecule has 6 nitrogen and oxygen atoms in total. The molecule has 1 aliphatic carbocycles. The Bertz CT molecular complexity index is 655. The molecular weight excluding hydrogens is 256 g/mol. The summed E-state index contributed by atoms with van der Waals surface area (Å²) in [6.07, 6.45) is 5.61. The van der Waals surface area contributed by atoms with Crippen LogP contribution in [-0.4, -0.2) is 22.5 Å². The Labute approximate surface area is 116 Å². The predicted molar refractivity (Wildman–Crippen MR) is 77.6 cm³/mol. The molecule has 0 radical (unpaired) electrons. The highest BCUT2D eigenvalue weighted by molar-refractivity contribution is 5.99. The van der Waals surface area contributed by atoms with E-state index in [-0.39, 0.29) is 16.7 Å². The molecule has 0 bridgehead atoms. The molecule has 1 fully saturated rings. The van der Waals surface area contributed by atoms with Crippen LogP contribution >= 0.6 is 0 Å². The molecule has 1 unspecified atom stereocenters. The first-order valence-corrected chi connectivity index (χ1v) is 6.67. The monoisotopic (exact) mass is 272 g/mol. The number of nitro benzene ring substituents is 1. The van der Waals surface area contributed by atoms with Crippen LogP contribution in [0, 0.1) is 16.0 Å². The molecule has 3 N–H and O–H groups in total. The van der Waals surface area contributed by atoms with E-state index in [4.69, 9.17) is 5.73 Å². The fourth-order valence-electron chi connectivity index (χ4n) is 2.41. The normalized spacial score (nSPS) is 16.1. The highest BCUT2D eigenvalue weighted by atomic mass is 16.6. The van der Waals surface area contributed by atoms with Crippen LogP contribution < -0.4 is 11.1 Å². The van der Waals surface area contributed by atoms with Gasteiger partial charge in [0, 0.05) is 42.1 Å². The van der Waals surface area contributed by atoms with E-state index in [1.807, 2.05) is 0 Å². The molecule has 20 heavy (non-hydrogen) atoms. The quantitative estimate of drug-likeness (QED) is 0.643. The maximum Gasteiger partial charge on any atom is 0.277 e. The van der Waals surface area contributed by atoms with Crippen molar-refractivity contribution in [3.63, 3.8) is 0 Å². The molecule has 1 aromatic heterocycles. The van der Waals surface area contributed by atoms with Gasteiger partial charge in [0.15, 0.2) is 0 Å².